The van der Waals surface area contributed by atoms with Crippen LogP contribution in [0.15, 0.2) is 18.2 Å². The van der Waals surface area contributed by atoms with Crippen LogP contribution in [0.25, 0.3) is 0 Å². The van der Waals surface area contributed by atoms with E-state index in [9.17, 15) is 4.79 Å². The number of hydrogen-bond donors (Lipinski definition) is 2. The van der Waals surface area contributed by atoms with E-state index in [2.05, 4.69) is 5.32 Å². The van der Waals surface area contributed by atoms with E-state index in [-0.39, 0.29) is 11.9 Å². The van der Waals surface area contributed by atoms with Gasteiger partial charge in [-0.3, -0.25) is 4.79 Å². The first-order valence-electron chi connectivity index (χ1n) is 5.60. The third-order valence-electron chi connectivity index (χ3n) is 2.73. The van der Waals surface area contributed by atoms with Gasteiger partial charge in [-0.15, -0.1) is 0 Å². The van der Waals surface area contributed by atoms with E-state index in [1.807, 2.05) is 11.8 Å². The highest BCUT2D eigenvalue weighted by Gasteiger charge is 2.18. The van der Waals surface area contributed by atoms with Crippen molar-refractivity contribution in [3.05, 3.63) is 28.8 Å². The number of amides is 1. The Hall–Kier alpha value is -0.870. The number of nitrogens with one attached hydrogen (secondary N) is 1. The van der Waals surface area contributed by atoms with Crippen molar-refractivity contribution in [3.8, 4) is 0 Å². The van der Waals surface area contributed by atoms with Gasteiger partial charge < -0.3 is 11.1 Å². The second kappa shape index (κ2) is 5.65. The number of carbonyl (C=O) groups is 1. The Labute approximate surface area is 110 Å². The number of benzene rings is 1. The lowest BCUT2D eigenvalue weighted by Gasteiger charge is -2.22. The van der Waals surface area contributed by atoms with Crippen LogP contribution in [-0.2, 0) is 0 Å². The first-order chi connectivity index (χ1) is 8.16. The monoisotopic (exact) mass is 270 g/mol. The molecule has 2 rings (SSSR count). The number of hydrogen-bond acceptors (Lipinski definition) is 3. The van der Waals surface area contributed by atoms with Gasteiger partial charge >= 0.3 is 0 Å². The predicted molar refractivity (Wildman–Crippen MR) is 73.7 cm³/mol. The minimum absolute atomic E-state index is 0.130. The smallest absolute Gasteiger partial charge is 0.253 e. The molecule has 1 aromatic rings. The van der Waals surface area contributed by atoms with Crippen molar-refractivity contribution in [1.29, 1.82) is 0 Å². The Kier molecular flexibility index (Phi) is 4.18. The molecule has 0 aliphatic carbocycles. The molecule has 3 nitrogen and oxygen atoms in total. The van der Waals surface area contributed by atoms with Gasteiger partial charge in [-0.2, -0.15) is 11.8 Å². The minimum atomic E-state index is -0.130. The van der Waals surface area contributed by atoms with E-state index in [0.717, 1.165) is 18.6 Å². The van der Waals surface area contributed by atoms with E-state index in [4.69, 9.17) is 17.3 Å². The molecule has 1 aromatic carbocycles. The number of nitrogens with two attached hydrogens (primary N) is 1. The van der Waals surface area contributed by atoms with Crippen LogP contribution in [0.3, 0.4) is 0 Å². The van der Waals surface area contributed by atoms with Crippen LogP contribution < -0.4 is 11.1 Å². The molecule has 17 heavy (non-hydrogen) atoms. The third kappa shape index (κ3) is 3.30. The van der Waals surface area contributed by atoms with Crippen LogP contribution in [0.2, 0.25) is 5.02 Å². The quantitative estimate of drug-likeness (QED) is 0.812. The number of rotatable bonds is 2. The molecular weight excluding hydrogens is 256 g/mol. The Bertz CT molecular complexity index is 419. The maximum Gasteiger partial charge on any atom is 0.253 e. The molecule has 0 saturated carbocycles. The Morgan fingerprint density at radius 1 is 1.53 bits per heavy atom. The fraction of sp³-hybridized carbons (Fsp3) is 0.417. The molecule has 1 unspecified atom stereocenters. The van der Waals surface area contributed by atoms with E-state index in [1.54, 1.807) is 18.2 Å². The number of thioether (sulfide) groups is 1. The molecule has 1 atom stereocenters. The summed E-state index contributed by atoms with van der Waals surface area (Å²) in [5.74, 6) is 2.03. The minimum Gasteiger partial charge on any atom is -0.399 e. The van der Waals surface area contributed by atoms with E-state index < -0.39 is 0 Å². The van der Waals surface area contributed by atoms with E-state index >= 15 is 0 Å². The maximum absolute atomic E-state index is 12.0. The lowest BCUT2D eigenvalue weighted by molar-refractivity contribution is 0.0939. The number of nitrogen functional groups attached to an aromatic ring is 1. The third-order valence-corrected chi connectivity index (χ3v) is 4.28. The van der Waals surface area contributed by atoms with Gasteiger partial charge in [-0.05, 0) is 36.8 Å². The number of carbonyl (C=O) groups excluding carboxylic acids is 1. The first-order valence-corrected chi connectivity index (χ1v) is 7.14. The fourth-order valence-electron chi connectivity index (χ4n) is 1.83. The summed E-state index contributed by atoms with van der Waals surface area (Å²) in [4.78, 5) is 12.0. The molecule has 1 aliphatic rings. The summed E-state index contributed by atoms with van der Waals surface area (Å²) < 4.78 is 0. The highest BCUT2D eigenvalue weighted by molar-refractivity contribution is 7.99. The van der Waals surface area contributed by atoms with Crippen molar-refractivity contribution in [1.82, 2.24) is 5.32 Å². The molecule has 92 valence electrons. The standard InChI is InChI=1S/C12H15ClN2OS/c13-11-4-3-8(14)6-10(11)12(16)15-9-2-1-5-17-7-9/h3-4,6,9H,1-2,5,7,14H2,(H,15,16). The van der Waals surface area contributed by atoms with Gasteiger partial charge in [0.15, 0.2) is 0 Å². The molecule has 0 radical (unpaired) electrons. The zero-order valence-corrected chi connectivity index (χ0v) is 11.0. The van der Waals surface area contributed by atoms with Crippen molar-refractivity contribution in [2.45, 2.75) is 18.9 Å². The second-order valence-corrected chi connectivity index (χ2v) is 5.68. The van der Waals surface area contributed by atoms with Gasteiger partial charge in [0, 0.05) is 17.5 Å². The molecule has 1 saturated heterocycles. The van der Waals surface area contributed by atoms with Crippen molar-refractivity contribution in [3.63, 3.8) is 0 Å². The first kappa shape index (κ1) is 12.6. The second-order valence-electron chi connectivity index (χ2n) is 4.13. The lowest BCUT2D eigenvalue weighted by Crippen LogP contribution is -2.38. The normalized spacial score (nSPS) is 19.9. The molecule has 1 aliphatic heterocycles. The summed E-state index contributed by atoms with van der Waals surface area (Å²) >= 11 is 7.86. The molecule has 1 amide bonds. The van der Waals surface area contributed by atoms with Crippen molar-refractivity contribution in [2.24, 2.45) is 0 Å². The number of anilines is 1. The topological polar surface area (TPSA) is 55.1 Å². The summed E-state index contributed by atoms with van der Waals surface area (Å²) in [5, 5.41) is 3.45. The van der Waals surface area contributed by atoms with Gasteiger partial charge in [0.05, 0.1) is 10.6 Å². The maximum atomic E-state index is 12.0. The highest BCUT2D eigenvalue weighted by Crippen LogP contribution is 2.21. The van der Waals surface area contributed by atoms with Crippen molar-refractivity contribution < 1.29 is 4.79 Å². The average molecular weight is 271 g/mol. The Morgan fingerprint density at radius 3 is 3.06 bits per heavy atom. The van der Waals surface area contributed by atoms with E-state index in [0.29, 0.717) is 16.3 Å². The van der Waals surface area contributed by atoms with E-state index in [1.165, 1.54) is 5.75 Å². The van der Waals surface area contributed by atoms with Crippen LogP contribution in [0.5, 0.6) is 0 Å². The zero-order chi connectivity index (χ0) is 12.3. The average Bonchev–Trinajstić information content (AvgIpc) is 2.33. The van der Waals surface area contributed by atoms with Crippen LogP contribution in [0.1, 0.15) is 23.2 Å². The van der Waals surface area contributed by atoms with Gasteiger partial charge in [-0.25, -0.2) is 0 Å². The van der Waals surface area contributed by atoms with Crippen molar-refractivity contribution in [2.75, 3.05) is 17.2 Å². The molecule has 0 bridgehead atoms. The van der Waals surface area contributed by atoms with Crippen LogP contribution in [0.4, 0.5) is 5.69 Å². The predicted octanol–water partition coefficient (Wildman–Crippen LogP) is 2.55. The molecule has 3 N–H and O–H groups in total. The molecule has 0 aromatic heterocycles. The van der Waals surface area contributed by atoms with Crippen LogP contribution in [-0.4, -0.2) is 23.5 Å². The largest absolute Gasteiger partial charge is 0.399 e. The molecule has 5 heteroatoms. The summed E-state index contributed by atoms with van der Waals surface area (Å²) in [5.41, 5.74) is 6.67. The Balaban J connectivity index is 2.05. The lowest BCUT2D eigenvalue weighted by atomic mass is 10.1. The summed E-state index contributed by atoms with van der Waals surface area (Å²) in [6.45, 7) is 0. The van der Waals surface area contributed by atoms with Crippen LogP contribution in [0, 0.1) is 0 Å². The highest BCUT2D eigenvalue weighted by atomic mass is 35.5. The van der Waals surface area contributed by atoms with Gasteiger partial charge in [0.25, 0.3) is 5.91 Å². The Morgan fingerprint density at radius 2 is 2.35 bits per heavy atom. The van der Waals surface area contributed by atoms with Gasteiger partial charge in [0.2, 0.25) is 0 Å². The van der Waals surface area contributed by atoms with Gasteiger partial charge in [0.1, 0.15) is 0 Å². The molecule has 1 heterocycles. The summed E-state index contributed by atoms with van der Waals surface area (Å²) in [6.07, 6.45) is 2.19. The fourth-order valence-corrected chi connectivity index (χ4v) is 3.11. The molecule has 1 fully saturated rings. The van der Waals surface area contributed by atoms with Gasteiger partial charge in [-0.1, -0.05) is 11.6 Å². The molecule has 0 spiro atoms. The summed E-state index contributed by atoms with van der Waals surface area (Å²) in [6, 6.07) is 5.21. The summed E-state index contributed by atoms with van der Waals surface area (Å²) in [7, 11) is 0. The van der Waals surface area contributed by atoms with Crippen LogP contribution >= 0.6 is 23.4 Å². The SMILES string of the molecule is Nc1ccc(Cl)c(C(=O)NC2CCCSC2)c1. The number of halogens is 1. The van der Waals surface area contributed by atoms with Crippen molar-refractivity contribution >= 4 is 35.0 Å². The zero-order valence-electron chi connectivity index (χ0n) is 9.41. The molecular formula is C12H15ClN2OS.